The first-order valence-corrected chi connectivity index (χ1v) is 11.4. The Morgan fingerprint density at radius 2 is 2.10 bits per heavy atom. The molecule has 7 nitrogen and oxygen atoms in total. The van der Waals surface area contributed by atoms with Crippen molar-refractivity contribution in [1.82, 2.24) is 25.2 Å². The van der Waals surface area contributed by atoms with Gasteiger partial charge in [-0.15, -0.1) is 35.3 Å². The van der Waals surface area contributed by atoms with Gasteiger partial charge in [0.2, 0.25) is 0 Å². The van der Waals surface area contributed by atoms with Crippen molar-refractivity contribution in [2.45, 2.75) is 25.4 Å². The topological polar surface area (TPSA) is 60.1 Å². The predicted octanol–water partition coefficient (Wildman–Crippen LogP) is 3.13. The maximum atomic E-state index is 4.95. The van der Waals surface area contributed by atoms with Gasteiger partial charge in [0.15, 0.2) is 5.96 Å². The van der Waals surface area contributed by atoms with Crippen LogP contribution < -0.4 is 5.32 Å². The molecule has 166 valence electrons. The molecule has 0 amide bonds. The summed E-state index contributed by atoms with van der Waals surface area (Å²) in [7, 11) is 4.16. The molecule has 4 heterocycles. The third kappa shape index (κ3) is 5.74. The zero-order valence-electron chi connectivity index (χ0n) is 17.9. The van der Waals surface area contributed by atoms with Crippen molar-refractivity contribution >= 4 is 41.3 Å². The number of halogens is 1. The molecule has 2 aromatic rings. The van der Waals surface area contributed by atoms with Gasteiger partial charge < -0.3 is 14.7 Å². The van der Waals surface area contributed by atoms with E-state index in [2.05, 4.69) is 54.7 Å². The van der Waals surface area contributed by atoms with Crippen LogP contribution in [0.15, 0.2) is 39.4 Å². The Morgan fingerprint density at radius 3 is 2.77 bits per heavy atom. The summed E-state index contributed by atoms with van der Waals surface area (Å²) in [5.74, 6) is 1.64. The highest BCUT2D eigenvalue weighted by molar-refractivity contribution is 14.0. The van der Waals surface area contributed by atoms with Gasteiger partial charge in [0.1, 0.15) is 6.26 Å². The summed E-state index contributed by atoms with van der Waals surface area (Å²) in [5, 5.41) is 9.91. The molecule has 0 radical (unpaired) electrons. The van der Waals surface area contributed by atoms with Crippen LogP contribution in [0.2, 0.25) is 0 Å². The van der Waals surface area contributed by atoms with Crippen molar-refractivity contribution < 1.29 is 4.52 Å². The monoisotopic (exact) mass is 544 g/mol. The normalized spacial score (nSPS) is 23.9. The number of nitrogens with zero attached hydrogens (tertiary/aromatic N) is 5. The van der Waals surface area contributed by atoms with E-state index in [1.54, 1.807) is 6.26 Å². The van der Waals surface area contributed by atoms with Crippen molar-refractivity contribution in [2.24, 2.45) is 10.9 Å². The van der Waals surface area contributed by atoms with Gasteiger partial charge in [-0.1, -0.05) is 11.2 Å². The van der Waals surface area contributed by atoms with Gasteiger partial charge in [-0.05, 0) is 43.8 Å². The molecule has 2 aliphatic rings. The van der Waals surface area contributed by atoms with Gasteiger partial charge >= 0.3 is 0 Å². The number of nitrogens with one attached hydrogen (secondary N) is 1. The average Bonchev–Trinajstić information content (AvgIpc) is 3.44. The number of rotatable bonds is 5. The Bertz CT molecular complexity index is 761. The van der Waals surface area contributed by atoms with E-state index in [1.165, 1.54) is 24.3 Å². The van der Waals surface area contributed by atoms with Crippen LogP contribution >= 0.6 is 35.3 Å². The fourth-order valence-corrected chi connectivity index (χ4v) is 5.59. The molecular formula is C21H33IN6OS. The van der Waals surface area contributed by atoms with Crippen LogP contribution in [-0.2, 0) is 6.54 Å². The molecule has 0 aliphatic carbocycles. The Hall–Kier alpha value is -1.17. The lowest BCUT2D eigenvalue weighted by Crippen LogP contribution is -2.53. The maximum absolute atomic E-state index is 4.95. The minimum absolute atomic E-state index is 0. The summed E-state index contributed by atoms with van der Waals surface area (Å²) < 4.78 is 4.95. The third-order valence-corrected chi connectivity index (χ3v) is 7.07. The summed E-state index contributed by atoms with van der Waals surface area (Å²) in [6, 6.07) is 6.91. The molecule has 2 saturated heterocycles. The first-order chi connectivity index (χ1) is 14.2. The van der Waals surface area contributed by atoms with Crippen LogP contribution in [-0.4, -0.2) is 79.2 Å². The number of piperazine rings is 1. The van der Waals surface area contributed by atoms with Gasteiger partial charge in [-0.2, -0.15) is 0 Å². The first-order valence-electron chi connectivity index (χ1n) is 10.6. The summed E-state index contributed by atoms with van der Waals surface area (Å²) in [6.45, 7) is 7.00. The Morgan fingerprint density at radius 1 is 1.27 bits per heavy atom. The molecular weight excluding hydrogens is 511 g/mol. The molecule has 2 unspecified atom stereocenters. The number of hydrogen-bond acceptors (Lipinski definition) is 6. The fourth-order valence-electron chi connectivity index (χ4n) is 4.60. The molecule has 1 N–H and O–H groups in total. The zero-order valence-corrected chi connectivity index (χ0v) is 21.0. The van der Waals surface area contributed by atoms with Crippen LogP contribution in [0.4, 0.5) is 0 Å². The minimum atomic E-state index is 0. The molecule has 2 atom stereocenters. The number of likely N-dealkylation sites (tertiary alicyclic amines) is 1. The van der Waals surface area contributed by atoms with Crippen molar-refractivity contribution in [3.8, 4) is 0 Å². The largest absolute Gasteiger partial charge is 0.364 e. The van der Waals surface area contributed by atoms with E-state index in [0.717, 1.165) is 50.9 Å². The van der Waals surface area contributed by atoms with Crippen molar-refractivity contribution in [2.75, 3.05) is 53.4 Å². The molecule has 0 aromatic carbocycles. The smallest absolute Gasteiger partial charge is 0.193 e. The molecule has 0 spiro atoms. The molecule has 2 aromatic heterocycles. The van der Waals surface area contributed by atoms with E-state index in [0.29, 0.717) is 12.0 Å². The Labute approximate surface area is 200 Å². The second-order valence-corrected chi connectivity index (χ2v) is 9.00. The SMILES string of the molecule is CN=C(NCC1CCCN(C)C1c1cccs1)N1CCN(Cc2ccon2)CC1.I. The lowest BCUT2D eigenvalue weighted by molar-refractivity contribution is 0.123. The number of hydrogen-bond donors (Lipinski definition) is 1. The molecule has 4 rings (SSSR count). The minimum Gasteiger partial charge on any atom is -0.364 e. The standard InChI is InChI=1S/C21H32N6OS.HI/c1-22-21(27-11-9-26(10-12-27)16-18-7-13-28-24-18)23-15-17-5-3-8-25(2)20(17)19-6-4-14-29-19;/h4,6-7,13-14,17,20H,3,5,8-12,15-16H2,1-2H3,(H,22,23);1H. The number of piperidine rings is 1. The number of aromatic nitrogens is 1. The lowest BCUT2D eigenvalue weighted by Gasteiger charge is -2.40. The third-order valence-electron chi connectivity index (χ3n) is 6.12. The van der Waals surface area contributed by atoms with Gasteiger partial charge in [0.05, 0.1) is 5.69 Å². The highest BCUT2D eigenvalue weighted by atomic mass is 127. The van der Waals surface area contributed by atoms with E-state index in [-0.39, 0.29) is 24.0 Å². The van der Waals surface area contributed by atoms with Crippen LogP contribution in [0.5, 0.6) is 0 Å². The first kappa shape index (κ1) is 23.5. The van der Waals surface area contributed by atoms with Crippen LogP contribution in [0.25, 0.3) is 0 Å². The van der Waals surface area contributed by atoms with Crippen molar-refractivity contribution in [3.05, 3.63) is 40.4 Å². The zero-order chi connectivity index (χ0) is 20.1. The van der Waals surface area contributed by atoms with Gasteiger partial charge in [0, 0.05) is 63.3 Å². The van der Waals surface area contributed by atoms with E-state index in [9.17, 15) is 0 Å². The number of guanidine groups is 1. The summed E-state index contributed by atoms with van der Waals surface area (Å²) in [4.78, 5) is 13.4. The molecule has 2 aliphatic heterocycles. The van der Waals surface area contributed by atoms with Crippen molar-refractivity contribution in [3.63, 3.8) is 0 Å². The molecule has 0 saturated carbocycles. The summed E-state index contributed by atoms with van der Waals surface area (Å²) in [6.07, 6.45) is 4.18. The summed E-state index contributed by atoms with van der Waals surface area (Å²) >= 11 is 1.88. The molecule has 9 heteroatoms. The van der Waals surface area contributed by atoms with E-state index < -0.39 is 0 Å². The Balaban J connectivity index is 0.00000256. The van der Waals surface area contributed by atoms with E-state index >= 15 is 0 Å². The van der Waals surface area contributed by atoms with Gasteiger partial charge in [-0.3, -0.25) is 14.8 Å². The highest BCUT2D eigenvalue weighted by Gasteiger charge is 2.31. The van der Waals surface area contributed by atoms with Crippen molar-refractivity contribution in [1.29, 1.82) is 0 Å². The fraction of sp³-hybridized carbons (Fsp3) is 0.619. The lowest BCUT2D eigenvalue weighted by atomic mass is 9.88. The second kappa shape index (κ2) is 11.4. The average molecular weight is 545 g/mol. The van der Waals surface area contributed by atoms with Crippen LogP contribution in [0, 0.1) is 5.92 Å². The molecule has 2 fully saturated rings. The quantitative estimate of drug-likeness (QED) is 0.355. The summed E-state index contributed by atoms with van der Waals surface area (Å²) in [5.41, 5.74) is 1.00. The van der Waals surface area contributed by atoms with Crippen LogP contribution in [0.1, 0.15) is 29.5 Å². The van der Waals surface area contributed by atoms with E-state index in [1.807, 2.05) is 24.5 Å². The maximum Gasteiger partial charge on any atom is 0.193 e. The van der Waals surface area contributed by atoms with E-state index in [4.69, 9.17) is 4.52 Å². The number of aliphatic imine (C=N–C) groups is 1. The molecule has 30 heavy (non-hydrogen) atoms. The number of thiophene rings is 1. The molecule has 0 bridgehead atoms. The highest BCUT2D eigenvalue weighted by Crippen LogP contribution is 2.36. The van der Waals surface area contributed by atoms with Crippen LogP contribution in [0.3, 0.4) is 0 Å². The van der Waals surface area contributed by atoms with Gasteiger partial charge in [0.25, 0.3) is 0 Å². The van der Waals surface area contributed by atoms with Gasteiger partial charge in [-0.25, -0.2) is 0 Å². The predicted molar refractivity (Wildman–Crippen MR) is 133 cm³/mol. The second-order valence-electron chi connectivity index (χ2n) is 8.03. The Kier molecular flexibility index (Phi) is 8.97.